The summed E-state index contributed by atoms with van der Waals surface area (Å²) < 4.78 is 39.6. The third-order valence-corrected chi connectivity index (χ3v) is 4.49. The van der Waals surface area contributed by atoms with Gasteiger partial charge in [-0.05, 0) is 30.7 Å². The van der Waals surface area contributed by atoms with Gasteiger partial charge in [-0.2, -0.15) is 13.2 Å². The van der Waals surface area contributed by atoms with Crippen molar-refractivity contribution < 1.29 is 18.0 Å². The van der Waals surface area contributed by atoms with Gasteiger partial charge in [0, 0.05) is 37.1 Å². The highest BCUT2D eigenvalue weighted by atomic mass is 19.4. The van der Waals surface area contributed by atoms with Crippen molar-refractivity contribution in [3.05, 3.63) is 54.1 Å². The van der Waals surface area contributed by atoms with Gasteiger partial charge in [0.15, 0.2) is 5.82 Å². The molecule has 3 heterocycles. The van der Waals surface area contributed by atoms with Crippen LogP contribution >= 0.6 is 0 Å². The second kappa shape index (κ2) is 6.53. The Labute approximate surface area is 151 Å². The average Bonchev–Trinajstić information content (AvgIpc) is 3.30. The molecule has 0 radical (unpaired) electrons. The van der Waals surface area contributed by atoms with E-state index in [2.05, 4.69) is 20.5 Å². The summed E-state index contributed by atoms with van der Waals surface area (Å²) in [6.45, 7) is 1.21. The molecule has 1 fully saturated rings. The number of amides is 1. The van der Waals surface area contributed by atoms with E-state index in [4.69, 9.17) is 0 Å². The molecule has 1 aromatic carbocycles. The fourth-order valence-electron chi connectivity index (χ4n) is 3.12. The Balaban J connectivity index is 1.42. The SMILES string of the molecule is O=C(N[C@@H]1CCN(c2nccn3cnnc23)C1)c1ccc(C(F)(F)F)cc1. The lowest BCUT2D eigenvalue weighted by molar-refractivity contribution is -0.137. The highest BCUT2D eigenvalue weighted by molar-refractivity contribution is 5.94. The molecule has 1 aliphatic heterocycles. The van der Waals surface area contributed by atoms with Crippen LogP contribution in [0.2, 0.25) is 0 Å². The molecular weight excluding hydrogens is 361 g/mol. The average molecular weight is 376 g/mol. The first-order valence-electron chi connectivity index (χ1n) is 8.29. The molecule has 1 atom stereocenters. The van der Waals surface area contributed by atoms with Gasteiger partial charge in [-0.25, -0.2) is 4.98 Å². The Hall–Kier alpha value is -3.17. The fraction of sp³-hybridized carbons (Fsp3) is 0.294. The van der Waals surface area contributed by atoms with Crippen molar-refractivity contribution in [3.63, 3.8) is 0 Å². The lowest BCUT2D eigenvalue weighted by atomic mass is 10.1. The number of hydrogen-bond donors (Lipinski definition) is 1. The molecule has 4 rings (SSSR count). The Bertz CT molecular complexity index is 969. The number of rotatable bonds is 3. The van der Waals surface area contributed by atoms with Gasteiger partial charge in [0.1, 0.15) is 6.33 Å². The van der Waals surface area contributed by atoms with Crippen LogP contribution in [0.25, 0.3) is 5.65 Å². The maximum atomic E-state index is 12.6. The van der Waals surface area contributed by atoms with Gasteiger partial charge in [0.05, 0.1) is 5.56 Å². The van der Waals surface area contributed by atoms with E-state index in [1.807, 2.05) is 4.90 Å². The summed E-state index contributed by atoms with van der Waals surface area (Å²) in [5.41, 5.74) is 0.0462. The van der Waals surface area contributed by atoms with Gasteiger partial charge in [0.25, 0.3) is 5.91 Å². The molecule has 0 spiro atoms. The number of anilines is 1. The van der Waals surface area contributed by atoms with Crippen LogP contribution < -0.4 is 10.2 Å². The van der Waals surface area contributed by atoms with Crippen molar-refractivity contribution in [2.75, 3.05) is 18.0 Å². The first-order chi connectivity index (χ1) is 12.9. The molecule has 0 bridgehead atoms. The van der Waals surface area contributed by atoms with Gasteiger partial charge in [-0.3, -0.25) is 9.20 Å². The number of nitrogens with zero attached hydrogens (tertiary/aromatic N) is 5. The normalized spacial score (nSPS) is 17.4. The van der Waals surface area contributed by atoms with Crippen molar-refractivity contribution in [2.24, 2.45) is 0 Å². The number of nitrogens with one attached hydrogen (secondary N) is 1. The van der Waals surface area contributed by atoms with Gasteiger partial charge in [-0.15, -0.1) is 10.2 Å². The summed E-state index contributed by atoms with van der Waals surface area (Å²) in [4.78, 5) is 18.7. The number of halogens is 3. The summed E-state index contributed by atoms with van der Waals surface area (Å²) in [6, 6.07) is 4.05. The van der Waals surface area contributed by atoms with Crippen molar-refractivity contribution in [3.8, 4) is 0 Å². The van der Waals surface area contributed by atoms with Crippen molar-refractivity contribution in [2.45, 2.75) is 18.6 Å². The van der Waals surface area contributed by atoms with Crippen LogP contribution in [0.5, 0.6) is 0 Å². The first-order valence-corrected chi connectivity index (χ1v) is 8.29. The lowest BCUT2D eigenvalue weighted by Gasteiger charge is -2.18. The molecule has 1 aliphatic rings. The molecule has 0 aliphatic carbocycles. The first kappa shape index (κ1) is 17.3. The molecular formula is C17H15F3N6O. The van der Waals surface area contributed by atoms with E-state index in [-0.39, 0.29) is 11.6 Å². The van der Waals surface area contributed by atoms with Crippen molar-refractivity contribution in [1.29, 1.82) is 0 Å². The van der Waals surface area contributed by atoms with Crippen LogP contribution in [0.15, 0.2) is 43.0 Å². The molecule has 10 heteroatoms. The third kappa shape index (κ3) is 3.42. The quantitative estimate of drug-likeness (QED) is 0.758. The number of hydrogen-bond acceptors (Lipinski definition) is 5. The highest BCUT2D eigenvalue weighted by Crippen LogP contribution is 2.29. The van der Waals surface area contributed by atoms with Crippen LogP contribution in [-0.4, -0.2) is 44.6 Å². The van der Waals surface area contributed by atoms with Crippen LogP contribution in [0.1, 0.15) is 22.3 Å². The van der Waals surface area contributed by atoms with Gasteiger partial charge >= 0.3 is 6.18 Å². The zero-order chi connectivity index (χ0) is 19.0. The highest BCUT2D eigenvalue weighted by Gasteiger charge is 2.31. The van der Waals surface area contributed by atoms with Gasteiger partial charge in [0.2, 0.25) is 5.65 Å². The van der Waals surface area contributed by atoms with Crippen LogP contribution in [0, 0.1) is 0 Å². The molecule has 1 saturated heterocycles. The number of carbonyl (C=O) groups excluding carboxylic acids is 1. The van der Waals surface area contributed by atoms with Gasteiger partial charge < -0.3 is 10.2 Å². The number of benzene rings is 1. The Morgan fingerprint density at radius 1 is 1.22 bits per heavy atom. The second-order valence-corrected chi connectivity index (χ2v) is 6.29. The molecule has 140 valence electrons. The molecule has 2 aromatic heterocycles. The molecule has 1 amide bonds. The standard InChI is InChI=1S/C17H15F3N6O/c18-17(19,20)12-3-1-11(2-4-12)16(27)23-13-5-7-25(9-13)14-15-24-22-10-26(15)8-6-21-14/h1-4,6,8,10,13H,5,7,9H2,(H,23,27)/t13-/m1/s1. The molecule has 0 saturated carbocycles. The summed E-state index contributed by atoms with van der Waals surface area (Å²) in [5, 5.41) is 10.8. The van der Waals surface area contributed by atoms with E-state index in [1.165, 1.54) is 12.1 Å². The van der Waals surface area contributed by atoms with E-state index in [0.29, 0.717) is 31.0 Å². The zero-order valence-electron chi connectivity index (χ0n) is 14.0. The topological polar surface area (TPSA) is 75.4 Å². The molecule has 3 aromatic rings. The summed E-state index contributed by atoms with van der Waals surface area (Å²) in [7, 11) is 0. The van der Waals surface area contributed by atoms with Crippen LogP contribution in [0.3, 0.4) is 0 Å². The molecule has 0 unspecified atom stereocenters. The summed E-state index contributed by atoms with van der Waals surface area (Å²) in [5.74, 6) is 0.283. The van der Waals surface area contributed by atoms with E-state index >= 15 is 0 Å². The summed E-state index contributed by atoms with van der Waals surface area (Å²) in [6.07, 6.45) is 1.26. The van der Waals surface area contributed by atoms with Gasteiger partial charge in [-0.1, -0.05) is 0 Å². The zero-order valence-corrected chi connectivity index (χ0v) is 14.0. The molecule has 7 nitrogen and oxygen atoms in total. The summed E-state index contributed by atoms with van der Waals surface area (Å²) >= 11 is 0. The number of aromatic nitrogens is 4. The maximum absolute atomic E-state index is 12.6. The fourth-order valence-corrected chi connectivity index (χ4v) is 3.12. The Kier molecular flexibility index (Phi) is 4.17. The number of alkyl halides is 3. The van der Waals surface area contributed by atoms with E-state index in [1.54, 1.807) is 23.1 Å². The van der Waals surface area contributed by atoms with Crippen LogP contribution in [-0.2, 0) is 6.18 Å². The minimum Gasteiger partial charge on any atom is -0.351 e. The predicted molar refractivity (Wildman–Crippen MR) is 90.3 cm³/mol. The van der Waals surface area contributed by atoms with Crippen LogP contribution in [0.4, 0.5) is 19.0 Å². The molecule has 1 N–H and O–H groups in total. The number of carbonyl (C=O) groups is 1. The Morgan fingerprint density at radius 3 is 2.74 bits per heavy atom. The minimum absolute atomic E-state index is 0.134. The smallest absolute Gasteiger partial charge is 0.351 e. The van der Waals surface area contributed by atoms with Crippen molar-refractivity contribution >= 4 is 17.4 Å². The van der Waals surface area contributed by atoms with Crippen molar-refractivity contribution in [1.82, 2.24) is 24.9 Å². The largest absolute Gasteiger partial charge is 0.416 e. The second-order valence-electron chi connectivity index (χ2n) is 6.29. The monoisotopic (exact) mass is 376 g/mol. The number of fused-ring (bicyclic) bond motifs is 1. The van der Waals surface area contributed by atoms with E-state index in [0.717, 1.165) is 12.1 Å². The van der Waals surface area contributed by atoms with E-state index in [9.17, 15) is 18.0 Å². The van der Waals surface area contributed by atoms with E-state index < -0.39 is 17.6 Å². The Morgan fingerprint density at radius 2 is 2.00 bits per heavy atom. The third-order valence-electron chi connectivity index (χ3n) is 4.49. The maximum Gasteiger partial charge on any atom is 0.416 e. The lowest BCUT2D eigenvalue weighted by Crippen LogP contribution is -2.37. The minimum atomic E-state index is -4.42. The predicted octanol–water partition coefficient (Wildman–Crippen LogP) is 2.15. The molecule has 27 heavy (non-hydrogen) atoms.